The maximum atomic E-state index is 5.46. The lowest BCUT2D eigenvalue weighted by Gasteiger charge is -2.37. The van der Waals surface area contributed by atoms with Gasteiger partial charge < -0.3 is 14.2 Å². The highest BCUT2D eigenvalue weighted by molar-refractivity contribution is 5.75. The van der Waals surface area contributed by atoms with E-state index in [1.54, 1.807) is 0 Å². The van der Waals surface area contributed by atoms with Gasteiger partial charge in [0, 0.05) is 32.2 Å². The summed E-state index contributed by atoms with van der Waals surface area (Å²) in [7, 11) is 0. The fourth-order valence-electron chi connectivity index (χ4n) is 4.29. The van der Waals surface area contributed by atoms with Crippen molar-refractivity contribution in [3.8, 4) is 0 Å². The van der Waals surface area contributed by atoms with Gasteiger partial charge in [0.2, 0.25) is 0 Å². The lowest BCUT2D eigenvalue weighted by Crippen LogP contribution is -2.43. The van der Waals surface area contributed by atoms with Gasteiger partial charge in [0.1, 0.15) is 0 Å². The van der Waals surface area contributed by atoms with Gasteiger partial charge in [0.25, 0.3) is 0 Å². The van der Waals surface area contributed by atoms with Crippen molar-refractivity contribution >= 4 is 11.0 Å². The number of likely N-dealkylation sites (tertiary alicyclic amines) is 1. The number of imidazole rings is 1. The molecule has 1 unspecified atom stereocenters. The predicted molar refractivity (Wildman–Crippen MR) is 101 cm³/mol. The minimum atomic E-state index is 0.461. The van der Waals surface area contributed by atoms with Crippen molar-refractivity contribution < 1.29 is 4.74 Å². The fourth-order valence-corrected chi connectivity index (χ4v) is 4.29. The zero-order chi connectivity index (χ0) is 17.1. The number of morpholine rings is 1. The maximum Gasteiger partial charge on any atom is 0.0961 e. The molecule has 2 aliphatic rings. The molecular weight excluding hydrogens is 312 g/mol. The van der Waals surface area contributed by atoms with Crippen LogP contribution in [-0.4, -0.2) is 71.8 Å². The molecule has 1 atom stereocenters. The maximum absolute atomic E-state index is 5.46. The van der Waals surface area contributed by atoms with Crippen LogP contribution in [0.1, 0.15) is 25.8 Å². The van der Waals surface area contributed by atoms with Crippen LogP contribution in [0, 0.1) is 5.92 Å². The second kappa shape index (κ2) is 7.85. The van der Waals surface area contributed by atoms with Crippen molar-refractivity contribution in [3.05, 3.63) is 30.6 Å². The van der Waals surface area contributed by atoms with Crippen LogP contribution in [-0.2, 0) is 4.74 Å². The Bertz CT molecular complexity index is 671. The zero-order valence-electron chi connectivity index (χ0n) is 15.3. The van der Waals surface area contributed by atoms with Crippen molar-refractivity contribution in [2.45, 2.75) is 25.8 Å². The van der Waals surface area contributed by atoms with Crippen molar-refractivity contribution in [3.63, 3.8) is 0 Å². The number of aromatic nitrogens is 2. The summed E-state index contributed by atoms with van der Waals surface area (Å²) < 4.78 is 7.79. The van der Waals surface area contributed by atoms with Gasteiger partial charge in [-0.2, -0.15) is 0 Å². The van der Waals surface area contributed by atoms with Crippen LogP contribution >= 0.6 is 0 Å². The van der Waals surface area contributed by atoms with Gasteiger partial charge in [-0.3, -0.25) is 4.90 Å². The molecule has 2 saturated heterocycles. The SMILES string of the molecule is CC(CN1CCC(CN2CCOCC2)CC1)n1cnc2ccccc21. The summed E-state index contributed by atoms with van der Waals surface area (Å²) in [5, 5.41) is 0. The number of fused-ring (bicyclic) bond motifs is 1. The summed E-state index contributed by atoms with van der Waals surface area (Å²) in [6.07, 6.45) is 4.66. The van der Waals surface area contributed by atoms with E-state index in [1.165, 1.54) is 38.0 Å². The molecule has 25 heavy (non-hydrogen) atoms. The third-order valence-corrected chi connectivity index (χ3v) is 5.81. The molecule has 0 N–H and O–H groups in total. The van der Waals surface area contributed by atoms with Gasteiger partial charge in [-0.25, -0.2) is 4.98 Å². The van der Waals surface area contributed by atoms with Gasteiger partial charge in [-0.05, 0) is 50.9 Å². The summed E-state index contributed by atoms with van der Waals surface area (Å²) in [4.78, 5) is 9.76. The summed E-state index contributed by atoms with van der Waals surface area (Å²) in [6.45, 7) is 11.2. The predicted octanol–water partition coefficient (Wildman–Crippen LogP) is 2.64. The number of benzene rings is 1. The first kappa shape index (κ1) is 17.0. The van der Waals surface area contributed by atoms with E-state index >= 15 is 0 Å². The van der Waals surface area contributed by atoms with Gasteiger partial charge in [-0.15, -0.1) is 0 Å². The molecule has 4 rings (SSSR count). The first-order chi connectivity index (χ1) is 12.3. The molecule has 0 saturated carbocycles. The molecule has 5 nitrogen and oxygen atoms in total. The van der Waals surface area contributed by atoms with Gasteiger partial charge in [0.05, 0.1) is 30.6 Å². The fraction of sp³-hybridized carbons (Fsp3) is 0.650. The lowest BCUT2D eigenvalue weighted by molar-refractivity contribution is 0.0241. The topological polar surface area (TPSA) is 33.5 Å². The molecular formula is C20H30N4O. The Kier molecular flexibility index (Phi) is 5.34. The van der Waals surface area contributed by atoms with Crippen LogP contribution in [0.2, 0.25) is 0 Å². The highest BCUT2D eigenvalue weighted by Crippen LogP contribution is 2.22. The van der Waals surface area contributed by atoms with E-state index in [0.29, 0.717) is 6.04 Å². The Morgan fingerprint density at radius 1 is 1.08 bits per heavy atom. The number of nitrogens with zero attached hydrogens (tertiary/aromatic N) is 4. The summed E-state index contributed by atoms with van der Waals surface area (Å²) in [5.41, 5.74) is 2.34. The number of piperidine rings is 1. The van der Waals surface area contributed by atoms with Crippen molar-refractivity contribution in [2.75, 3.05) is 52.5 Å². The molecule has 0 spiro atoms. The Labute approximate surface area is 150 Å². The van der Waals surface area contributed by atoms with E-state index in [0.717, 1.165) is 44.3 Å². The standard InChI is InChI=1S/C20H30N4O/c1-17(24-16-21-19-4-2-3-5-20(19)24)14-22-8-6-18(7-9-22)15-23-10-12-25-13-11-23/h2-5,16-18H,6-15H2,1H3. The Morgan fingerprint density at radius 2 is 1.84 bits per heavy atom. The van der Waals surface area contributed by atoms with Crippen molar-refractivity contribution in [1.82, 2.24) is 19.4 Å². The van der Waals surface area contributed by atoms with E-state index in [4.69, 9.17) is 4.74 Å². The summed E-state index contributed by atoms with van der Waals surface area (Å²) in [6, 6.07) is 8.89. The van der Waals surface area contributed by atoms with Crippen LogP contribution in [0.25, 0.3) is 11.0 Å². The molecule has 1 aromatic carbocycles. The van der Waals surface area contributed by atoms with E-state index in [9.17, 15) is 0 Å². The lowest BCUT2D eigenvalue weighted by atomic mass is 9.95. The summed E-state index contributed by atoms with van der Waals surface area (Å²) in [5.74, 6) is 0.860. The van der Waals surface area contributed by atoms with E-state index < -0.39 is 0 Å². The molecule has 0 radical (unpaired) electrons. The smallest absolute Gasteiger partial charge is 0.0961 e. The largest absolute Gasteiger partial charge is 0.379 e. The molecule has 3 heterocycles. The van der Waals surface area contributed by atoms with Gasteiger partial charge in [-0.1, -0.05) is 12.1 Å². The summed E-state index contributed by atoms with van der Waals surface area (Å²) >= 11 is 0. The molecule has 1 aromatic heterocycles. The molecule has 0 amide bonds. The molecule has 0 bridgehead atoms. The van der Waals surface area contributed by atoms with Crippen molar-refractivity contribution in [1.29, 1.82) is 0 Å². The molecule has 136 valence electrons. The average molecular weight is 342 g/mol. The van der Waals surface area contributed by atoms with Crippen LogP contribution in [0.3, 0.4) is 0 Å². The van der Waals surface area contributed by atoms with Gasteiger partial charge in [0.15, 0.2) is 0 Å². The van der Waals surface area contributed by atoms with Crippen LogP contribution < -0.4 is 0 Å². The Balaban J connectivity index is 1.28. The Morgan fingerprint density at radius 3 is 2.64 bits per heavy atom. The van der Waals surface area contributed by atoms with Crippen LogP contribution in [0.15, 0.2) is 30.6 Å². The number of hydrogen-bond donors (Lipinski definition) is 0. The average Bonchev–Trinajstić information content (AvgIpc) is 3.08. The number of rotatable bonds is 5. The first-order valence-corrected chi connectivity index (χ1v) is 9.73. The van der Waals surface area contributed by atoms with E-state index in [-0.39, 0.29) is 0 Å². The highest BCUT2D eigenvalue weighted by atomic mass is 16.5. The monoisotopic (exact) mass is 342 g/mol. The second-order valence-corrected chi connectivity index (χ2v) is 7.65. The molecule has 2 aliphatic heterocycles. The van der Waals surface area contributed by atoms with Crippen LogP contribution in [0.4, 0.5) is 0 Å². The first-order valence-electron chi connectivity index (χ1n) is 9.73. The highest BCUT2D eigenvalue weighted by Gasteiger charge is 2.23. The third kappa shape index (κ3) is 4.05. The number of hydrogen-bond acceptors (Lipinski definition) is 4. The number of para-hydroxylation sites is 2. The number of ether oxygens (including phenoxy) is 1. The quantitative estimate of drug-likeness (QED) is 0.836. The minimum absolute atomic E-state index is 0.461. The van der Waals surface area contributed by atoms with E-state index in [1.807, 2.05) is 6.33 Å². The van der Waals surface area contributed by atoms with Crippen molar-refractivity contribution in [2.24, 2.45) is 5.92 Å². The zero-order valence-corrected chi connectivity index (χ0v) is 15.3. The molecule has 2 fully saturated rings. The molecule has 0 aliphatic carbocycles. The Hall–Kier alpha value is -1.43. The van der Waals surface area contributed by atoms with Crippen LogP contribution in [0.5, 0.6) is 0 Å². The van der Waals surface area contributed by atoms with E-state index in [2.05, 4.69) is 50.5 Å². The second-order valence-electron chi connectivity index (χ2n) is 7.65. The third-order valence-electron chi connectivity index (χ3n) is 5.81. The molecule has 5 heteroatoms. The molecule has 2 aromatic rings. The normalized spacial score (nSPS) is 22.4. The van der Waals surface area contributed by atoms with Gasteiger partial charge >= 0.3 is 0 Å². The minimum Gasteiger partial charge on any atom is -0.379 e.